The molecule has 1 aliphatic carbocycles. The lowest BCUT2D eigenvalue weighted by Gasteiger charge is -2.32. The van der Waals surface area contributed by atoms with Crippen molar-refractivity contribution in [3.8, 4) is 0 Å². The van der Waals surface area contributed by atoms with Gasteiger partial charge in [0.15, 0.2) is 0 Å². The van der Waals surface area contributed by atoms with E-state index in [1.165, 1.54) is 11.3 Å². The summed E-state index contributed by atoms with van der Waals surface area (Å²) in [6.45, 7) is 6.68. The number of hydrogen-bond acceptors (Lipinski definition) is 4. The highest BCUT2D eigenvalue weighted by Crippen LogP contribution is 2.28. The topological polar surface area (TPSA) is 18.8 Å². The number of nitrogens with zero attached hydrogens (tertiary/aromatic N) is 3. The molecule has 2 aliphatic rings. The number of likely N-dealkylation sites (N-methyl/N-ethyl adjacent to an activating group) is 2. The van der Waals surface area contributed by atoms with Crippen LogP contribution in [0.3, 0.4) is 0 Å². The fraction of sp³-hybridized carbons (Fsp3) is 0.450. The molecule has 1 aromatic carbocycles. The molecule has 0 spiro atoms. The van der Waals surface area contributed by atoms with E-state index in [4.69, 9.17) is 4.99 Å². The first-order valence-electron chi connectivity index (χ1n) is 8.84. The van der Waals surface area contributed by atoms with Crippen LogP contribution in [0.15, 0.2) is 59.2 Å². The number of rotatable bonds is 6. The molecule has 2 unspecified atom stereocenters. The minimum absolute atomic E-state index is 0.228. The molecule has 1 aliphatic heterocycles. The Kier molecular flexibility index (Phi) is 5.80. The third-order valence-electron chi connectivity index (χ3n) is 4.85. The summed E-state index contributed by atoms with van der Waals surface area (Å²) in [7, 11) is 2.16. The van der Waals surface area contributed by atoms with E-state index in [1.807, 2.05) is 11.8 Å². The second-order valence-electron chi connectivity index (χ2n) is 6.22. The molecule has 1 heterocycles. The quantitative estimate of drug-likeness (QED) is 0.779. The molecule has 3 rings (SSSR count). The Morgan fingerprint density at radius 3 is 2.54 bits per heavy atom. The van der Waals surface area contributed by atoms with E-state index in [2.05, 4.69) is 79.3 Å². The second kappa shape index (κ2) is 8.04. The van der Waals surface area contributed by atoms with Crippen molar-refractivity contribution in [3.05, 3.63) is 59.8 Å². The van der Waals surface area contributed by atoms with Crippen LogP contribution in [0.2, 0.25) is 0 Å². The number of thioether (sulfide) groups is 1. The number of hydrogen-bond donors (Lipinski definition) is 0. The van der Waals surface area contributed by atoms with Crippen LogP contribution in [0.4, 0.5) is 0 Å². The van der Waals surface area contributed by atoms with Gasteiger partial charge in [-0.2, -0.15) is 0 Å². The smallest absolute Gasteiger partial charge is 0.131 e. The van der Waals surface area contributed by atoms with Gasteiger partial charge in [-0.25, -0.2) is 0 Å². The molecular formula is C20H27N3S. The first-order valence-corrected chi connectivity index (χ1v) is 9.82. The molecule has 0 saturated carbocycles. The normalized spacial score (nSPS) is 23.3. The van der Waals surface area contributed by atoms with Gasteiger partial charge in [-0.15, -0.1) is 11.8 Å². The van der Waals surface area contributed by atoms with Crippen molar-refractivity contribution in [3.63, 3.8) is 0 Å². The molecule has 3 nitrogen and oxygen atoms in total. The second-order valence-corrected chi connectivity index (χ2v) is 7.22. The molecule has 1 aromatic rings. The van der Waals surface area contributed by atoms with Crippen LogP contribution in [0.25, 0.3) is 0 Å². The van der Waals surface area contributed by atoms with Crippen molar-refractivity contribution in [2.75, 3.05) is 25.9 Å². The Morgan fingerprint density at radius 2 is 1.92 bits per heavy atom. The molecule has 0 saturated heterocycles. The van der Waals surface area contributed by atoms with E-state index >= 15 is 0 Å². The largest absolute Gasteiger partial charge is 0.352 e. The maximum absolute atomic E-state index is 4.94. The molecule has 0 amide bonds. The number of aliphatic imine (C=N–C) groups is 1. The van der Waals surface area contributed by atoms with Gasteiger partial charge in [0.05, 0.1) is 0 Å². The molecule has 0 radical (unpaired) electrons. The van der Waals surface area contributed by atoms with Crippen LogP contribution < -0.4 is 0 Å². The molecule has 128 valence electrons. The van der Waals surface area contributed by atoms with Crippen LogP contribution in [-0.2, 0) is 0 Å². The summed E-state index contributed by atoms with van der Waals surface area (Å²) in [6.07, 6.45) is 8.30. The number of allylic oxidation sites excluding steroid dienone is 1. The van der Waals surface area contributed by atoms with Crippen LogP contribution in [-0.4, -0.2) is 52.9 Å². The van der Waals surface area contributed by atoms with Gasteiger partial charge in [0, 0.05) is 30.1 Å². The molecule has 0 fully saturated rings. The average molecular weight is 342 g/mol. The highest BCUT2D eigenvalue weighted by atomic mass is 32.2. The van der Waals surface area contributed by atoms with Crippen molar-refractivity contribution in [1.82, 2.24) is 9.80 Å². The minimum Gasteiger partial charge on any atom is -0.352 e. The monoisotopic (exact) mass is 341 g/mol. The van der Waals surface area contributed by atoms with Gasteiger partial charge < -0.3 is 4.90 Å². The molecule has 0 N–H and O–H groups in total. The highest BCUT2D eigenvalue weighted by Gasteiger charge is 2.25. The zero-order valence-corrected chi connectivity index (χ0v) is 15.7. The van der Waals surface area contributed by atoms with Gasteiger partial charge in [0.25, 0.3) is 0 Å². The standard InChI is InChI=1S/C20H27N3S/c1-4-23(5-2)18-13-11-17(12-14-18)22(3)19-15-24-20(21-19)16-9-7-6-8-10-16/h6-13,18-19H,4-5,14-15H2,1-3H3. The predicted molar refractivity (Wildman–Crippen MR) is 106 cm³/mol. The average Bonchev–Trinajstić information content (AvgIpc) is 3.14. The zero-order valence-electron chi connectivity index (χ0n) is 14.9. The Morgan fingerprint density at radius 1 is 1.17 bits per heavy atom. The third kappa shape index (κ3) is 3.76. The van der Waals surface area contributed by atoms with Crippen LogP contribution in [0, 0.1) is 0 Å². The lowest BCUT2D eigenvalue weighted by Crippen LogP contribution is -2.36. The summed E-state index contributed by atoms with van der Waals surface area (Å²) in [6, 6.07) is 11.0. The van der Waals surface area contributed by atoms with Gasteiger partial charge in [0.2, 0.25) is 0 Å². The maximum atomic E-state index is 4.94. The Balaban J connectivity index is 1.65. The molecule has 4 heteroatoms. The van der Waals surface area contributed by atoms with Crippen molar-refractivity contribution < 1.29 is 0 Å². The third-order valence-corrected chi connectivity index (χ3v) is 5.93. The van der Waals surface area contributed by atoms with E-state index < -0.39 is 0 Å². The maximum Gasteiger partial charge on any atom is 0.131 e. The summed E-state index contributed by atoms with van der Waals surface area (Å²) in [5.74, 6) is 1.02. The number of benzene rings is 1. The lowest BCUT2D eigenvalue weighted by molar-refractivity contribution is 0.250. The van der Waals surface area contributed by atoms with Crippen LogP contribution >= 0.6 is 11.8 Å². The van der Waals surface area contributed by atoms with E-state index in [1.54, 1.807) is 0 Å². The summed E-state index contributed by atoms with van der Waals surface area (Å²) >= 11 is 1.86. The zero-order chi connectivity index (χ0) is 16.9. The van der Waals surface area contributed by atoms with Crippen molar-refractivity contribution in [2.24, 2.45) is 4.99 Å². The van der Waals surface area contributed by atoms with Crippen molar-refractivity contribution >= 4 is 16.8 Å². The van der Waals surface area contributed by atoms with Crippen molar-refractivity contribution in [1.29, 1.82) is 0 Å². The molecule has 24 heavy (non-hydrogen) atoms. The molecule has 0 aromatic heterocycles. The molecule has 0 bridgehead atoms. The Labute approximate surface area is 150 Å². The first kappa shape index (κ1) is 17.3. The van der Waals surface area contributed by atoms with Gasteiger partial charge >= 0.3 is 0 Å². The van der Waals surface area contributed by atoms with E-state index in [9.17, 15) is 0 Å². The first-order chi connectivity index (χ1) is 11.7. The van der Waals surface area contributed by atoms with E-state index in [0.29, 0.717) is 6.04 Å². The van der Waals surface area contributed by atoms with E-state index in [0.717, 1.165) is 30.3 Å². The van der Waals surface area contributed by atoms with Crippen molar-refractivity contribution in [2.45, 2.75) is 32.5 Å². The fourth-order valence-corrected chi connectivity index (χ4v) is 4.40. The Hall–Kier alpha value is -1.52. The fourth-order valence-electron chi connectivity index (χ4n) is 3.30. The summed E-state index contributed by atoms with van der Waals surface area (Å²) in [4.78, 5) is 9.76. The summed E-state index contributed by atoms with van der Waals surface area (Å²) in [5.41, 5.74) is 2.52. The SMILES string of the molecule is CCN(CC)C1C=CC(N(C)C2CSC(c3ccccc3)=N2)=CC1. The Bertz CT molecular complexity index is 632. The molecule has 2 atom stereocenters. The highest BCUT2D eigenvalue weighted by molar-refractivity contribution is 8.14. The predicted octanol–water partition coefficient (Wildman–Crippen LogP) is 3.99. The van der Waals surface area contributed by atoms with Gasteiger partial charge in [-0.05, 0) is 25.6 Å². The van der Waals surface area contributed by atoms with Crippen LogP contribution in [0.5, 0.6) is 0 Å². The van der Waals surface area contributed by atoms with Gasteiger partial charge in [0.1, 0.15) is 11.2 Å². The van der Waals surface area contributed by atoms with E-state index in [-0.39, 0.29) is 6.17 Å². The van der Waals surface area contributed by atoms with Crippen LogP contribution in [0.1, 0.15) is 25.8 Å². The lowest BCUT2D eigenvalue weighted by atomic mass is 10.0. The van der Waals surface area contributed by atoms with Gasteiger partial charge in [-0.3, -0.25) is 9.89 Å². The minimum atomic E-state index is 0.228. The van der Waals surface area contributed by atoms with Gasteiger partial charge in [-0.1, -0.05) is 56.3 Å². The summed E-state index contributed by atoms with van der Waals surface area (Å²) in [5, 5.41) is 1.16. The molecular weight excluding hydrogens is 314 g/mol. The summed E-state index contributed by atoms with van der Waals surface area (Å²) < 4.78 is 0.